The number of hydrogen-bond donors (Lipinski definition) is 3. The zero-order valence-electron chi connectivity index (χ0n) is 11.8. The fraction of sp³-hybridized carbons (Fsp3) is 0.571. The second kappa shape index (κ2) is 5.89. The Hall–Kier alpha value is -1.80. The van der Waals surface area contributed by atoms with Gasteiger partial charge in [-0.15, -0.1) is 0 Å². The molecule has 1 heterocycles. The highest BCUT2D eigenvalue weighted by Gasteiger charge is 2.30. The molecule has 0 radical (unpaired) electrons. The number of aromatic nitrogens is 1. The fourth-order valence-electron chi connectivity index (χ4n) is 2.01. The number of H-pyrrole nitrogens is 1. The minimum absolute atomic E-state index is 0.129. The van der Waals surface area contributed by atoms with E-state index in [2.05, 4.69) is 10.3 Å². The van der Waals surface area contributed by atoms with Crippen LogP contribution in [0.5, 0.6) is 0 Å². The zero-order chi connectivity index (χ0) is 14.6. The molecule has 1 unspecified atom stereocenters. The first-order valence-corrected chi connectivity index (χ1v) is 6.32. The molecule has 1 rings (SSSR count). The summed E-state index contributed by atoms with van der Waals surface area (Å²) in [6, 6.07) is 3.43. The molecule has 0 aliphatic heterocycles. The van der Waals surface area contributed by atoms with E-state index in [0.717, 1.165) is 0 Å². The Morgan fingerprint density at radius 3 is 2.68 bits per heavy atom. The highest BCUT2D eigenvalue weighted by molar-refractivity contribution is 5.94. The number of nitrogens with zero attached hydrogens (tertiary/aromatic N) is 1. The van der Waals surface area contributed by atoms with Gasteiger partial charge in [0.15, 0.2) is 0 Å². The average Bonchev–Trinajstić information content (AvgIpc) is 2.83. The van der Waals surface area contributed by atoms with Gasteiger partial charge >= 0.3 is 0 Å². The molecule has 0 spiro atoms. The molecule has 104 valence electrons. The normalized spacial score (nSPS) is 13.1. The van der Waals surface area contributed by atoms with Crippen molar-refractivity contribution in [3.05, 3.63) is 23.5 Å². The summed E-state index contributed by atoms with van der Waals surface area (Å²) in [6.07, 6.45) is 1.01. The van der Waals surface area contributed by atoms with Gasteiger partial charge in [0.2, 0.25) is 0 Å². The molecule has 0 bridgehead atoms. The molecule has 0 aliphatic carbocycles. The van der Waals surface area contributed by atoms with Gasteiger partial charge in [0.25, 0.3) is 5.91 Å². The van der Waals surface area contributed by atoms with E-state index < -0.39 is 11.5 Å². The monoisotopic (exact) mass is 263 g/mol. The lowest BCUT2D eigenvalue weighted by Gasteiger charge is -2.33. The quantitative estimate of drug-likeness (QED) is 0.754. The van der Waals surface area contributed by atoms with E-state index in [0.29, 0.717) is 17.8 Å². The summed E-state index contributed by atoms with van der Waals surface area (Å²) in [7, 11) is 0. The molecule has 1 amide bonds. The van der Waals surface area contributed by atoms with E-state index >= 15 is 0 Å². The van der Waals surface area contributed by atoms with Gasteiger partial charge in [-0.25, -0.2) is 0 Å². The topological polar surface area (TPSA) is 88.9 Å². The van der Waals surface area contributed by atoms with Crippen molar-refractivity contribution in [2.75, 3.05) is 6.54 Å². The third-order valence-electron chi connectivity index (χ3n) is 3.20. The van der Waals surface area contributed by atoms with Crippen LogP contribution in [-0.2, 0) is 0 Å². The Kier molecular flexibility index (Phi) is 4.73. The molecule has 5 nitrogen and oxygen atoms in total. The maximum atomic E-state index is 11.9. The molecule has 0 saturated heterocycles. The summed E-state index contributed by atoms with van der Waals surface area (Å²) in [5.74, 6) is -0.119. The van der Waals surface area contributed by atoms with Crippen molar-refractivity contribution >= 4 is 5.91 Å². The summed E-state index contributed by atoms with van der Waals surface area (Å²) in [6.45, 7) is 8.09. The van der Waals surface area contributed by atoms with Crippen LogP contribution in [-0.4, -0.2) is 28.6 Å². The van der Waals surface area contributed by atoms with Crippen LogP contribution < -0.4 is 5.32 Å². The van der Waals surface area contributed by atoms with E-state index in [9.17, 15) is 9.90 Å². The summed E-state index contributed by atoms with van der Waals surface area (Å²) in [5.41, 5.74) is 0.371. The maximum Gasteiger partial charge on any atom is 0.252 e. The average molecular weight is 263 g/mol. The number of carbonyl (C=O) groups is 1. The van der Waals surface area contributed by atoms with Crippen LogP contribution in [0.4, 0.5) is 0 Å². The van der Waals surface area contributed by atoms with Crippen molar-refractivity contribution in [1.29, 1.82) is 5.26 Å². The molecule has 0 fully saturated rings. The molecule has 0 aliphatic rings. The third kappa shape index (κ3) is 3.83. The Morgan fingerprint density at radius 2 is 2.21 bits per heavy atom. The molecule has 19 heavy (non-hydrogen) atoms. The summed E-state index contributed by atoms with van der Waals surface area (Å²) < 4.78 is 0. The van der Waals surface area contributed by atoms with Gasteiger partial charge in [-0.3, -0.25) is 4.79 Å². The number of carbonyl (C=O) groups excluding carboxylic acids is 1. The van der Waals surface area contributed by atoms with Crippen LogP contribution in [0, 0.1) is 22.7 Å². The van der Waals surface area contributed by atoms with Crippen LogP contribution in [0.25, 0.3) is 0 Å². The number of amides is 1. The van der Waals surface area contributed by atoms with Gasteiger partial charge < -0.3 is 15.4 Å². The van der Waals surface area contributed by atoms with E-state index in [1.165, 1.54) is 12.3 Å². The highest BCUT2D eigenvalue weighted by Crippen LogP contribution is 2.25. The number of nitriles is 1. The van der Waals surface area contributed by atoms with Gasteiger partial charge in [0.1, 0.15) is 11.8 Å². The van der Waals surface area contributed by atoms with Crippen molar-refractivity contribution in [2.45, 2.75) is 33.8 Å². The van der Waals surface area contributed by atoms with Gasteiger partial charge in [-0.05, 0) is 12.0 Å². The maximum absolute atomic E-state index is 11.9. The molecule has 0 saturated carbocycles. The SMILES string of the molecule is CC(C)C(O)C(C)(C)CNC(=O)c1c[nH]c(C#N)c1. The van der Waals surface area contributed by atoms with Gasteiger partial charge in [-0.1, -0.05) is 27.7 Å². The number of aliphatic hydroxyl groups is 1. The summed E-state index contributed by atoms with van der Waals surface area (Å²) in [5, 5.41) is 21.5. The second-order valence-electron chi connectivity index (χ2n) is 5.77. The van der Waals surface area contributed by atoms with E-state index in [1.807, 2.05) is 33.8 Å². The van der Waals surface area contributed by atoms with Crippen molar-refractivity contribution in [1.82, 2.24) is 10.3 Å². The van der Waals surface area contributed by atoms with Gasteiger partial charge in [-0.2, -0.15) is 5.26 Å². The first-order valence-electron chi connectivity index (χ1n) is 6.32. The number of rotatable bonds is 5. The van der Waals surface area contributed by atoms with Crippen molar-refractivity contribution in [3.8, 4) is 6.07 Å². The molecular weight excluding hydrogens is 242 g/mol. The first-order chi connectivity index (χ1) is 8.77. The van der Waals surface area contributed by atoms with Gasteiger partial charge in [0.05, 0.1) is 11.7 Å². The van der Waals surface area contributed by atoms with Crippen LogP contribution in [0.15, 0.2) is 12.3 Å². The van der Waals surface area contributed by atoms with Crippen LogP contribution in [0.2, 0.25) is 0 Å². The molecule has 1 aromatic heterocycles. The number of aliphatic hydroxyl groups excluding tert-OH is 1. The van der Waals surface area contributed by atoms with E-state index in [4.69, 9.17) is 5.26 Å². The van der Waals surface area contributed by atoms with Crippen LogP contribution in [0.3, 0.4) is 0 Å². The summed E-state index contributed by atoms with van der Waals surface area (Å²) in [4.78, 5) is 14.6. The number of nitrogens with one attached hydrogen (secondary N) is 2. The molecule has 1 atom stereocenters. The van der Waals surface area contributed by atoms with Crippen molar-refractivity contribution in [2.24, 2.45) is 11.3 Å². The lowest BCUT2D eigenvalue weighted by atomic mass is 9.80. The Balaban J connectivity index is 2.61. The van der Waals surface area contributed by atoms with Crippen molar-refractivity contribution < 1.29 is 9.90 Å². The molecule has 1 aromatic rings. The number of aromatic amines is 1. The van der Waals surface area contributed by atoms with E-state index in [-0.39, 0.29) is 11.8 Å². The minimum atomic E-state index is -0.492. The standard InChI is InChI=1S/C14H21N3O2/c1-9(2)12(18)14(3,4)8-17-13(19)10-5-11(6-15)16-7-10/h5,7,9,12,16,18H,8H2,1-4H3,(H,17,19). The fourth-order valence-corrected chi connectivity index (χ4v) is 2.01. The molecular formula is C14H21N3O2. The third-order valence-corrected chi connectivity index (χ3v) is 3.20. The minimum Gasteiger partial charge on any atom is -0.392 e. The molecule has 5 heteroatoms. The van der Waals surface area contributed by atoms with Crippen molar-refractivity contribution in [3.63, 3.8) is 0 Å². The first kappa shape index (κ1) is 15.3. The lowest BCUT2D eigenvalue weighted by molar-refractivity contribution is 0.0138. The van der Waals surface area contributed by atoms with Gasteiger partial charge in [0, 0.05) is 18.2 Å². The predicted octanol–water partition coefficient (Wildman–Crippen LogP) is 1.66. The molecule has 3 N–H and O–H groups in total. The second-order valence-corrected chi connectivity index (χ2v) is 5.77. The highest BCUT2D eigenvalue weighted by atomic mass is 16.3. The Morgan fingerprint density at radius 1 is 1.58 bits per heavy atom. The predicted molar refractivity (Wildman–Crippen MR) is 72.5 cm³/mol. The lowest BCUT2D eigenvalue weighted by Crippen LogP contribution is -2.43. The van der Waals surface area contributed by atoms with Crippen LogP contribution in [0.1, 0.15) is 43.7 Å². The zero-order valence-corrected chi connectivity index (χ0v) is 11.8. The van der Waals surface area contributed by atoms with E-state index in [1.54, 1.807) is 0 Å². The Labute approximate surface area is 113 Å². The summed E-state index contributed by atoms with van der Waals surface area (Å²) >= 11 is 0. The Bertz CT molecular complexity index is 483. The largest absolute Gasteiger partial charge is 0.392 e. The smallest absolute Gasteiger partial charge is 0.252 e. The number of hydrogen-bond acceptors (Lipinski definition) is 3. The van der Waals surface area contributed by atoms with Crippen LogP contribution >= 0.6 is 0 Å². The molecule has 0 aromatic carbocycles.